The van der Waals surface area contributed by atoms with Crippen LogP contribution >= 0.6 is 0 Å². The van der Waals surface area contributed by atoms with E-state index < -0.39 is 0 Å². The van der Waals surface area contributed by atoms with Gasteiger partial charge in [-0.1, -0.05) is 6.92 Å². The van der Waals surface area contributed by atoms with Gasteiger partial charge in [0.2, 0.25) is 11.8 Å². The highest BCUT2D eigenvalue weighted by molar-refractivity contribution is 5.49. The molecule has 0 aromatic carbocycles. The van der Waals surface area contributed by atoms with Crippen LogP contribution in [0.4, 0.5) is 5.69 Å². The zero-order valence-corrected chi connectivity index (χ0v) is 9.31. The molecule has 0 spiro atoms. The number of ether oxygens (including phenoxy) is 3. The summed E-state index contributed by atoms with van der Waals surface area (Å²) in [5.74, 6) is 0.980. The molecule has 1 aromatic heterocycles. The Labute approximate surface area is 94.5 Å². The second-order valence-electron chi connectivity index (χ2n) is 3.67. The van der Waals surface area contributed by atoms with Gasteiger partial charge in [-0.3, -0.25) is 0 Å². The van der Waals surface area contributed by atoms with Gasteiger partial charge in [-0.15, -0.1) is 0 Å². The van der Waals surface area contributed by atoms with Gasteiger partial charge in [0.25, 0.3) is 0 Å². The second kappa shape index (κ2) is 5.03. The number of hydrogen-bond donors (Lipinski definition) is 1. The third kappa shape index (κ3) is 2.55. The van der Waals surface area contributed by atoms with Gasteiger partial charge in [-0.2, -0.15) is 4.98 Å². The summed E-state index contributed by atoms with van der Waals surface area (Å²) in [4.78, 5) is 4.21. The summed E-state index contributed by atoms with van der Waals surface area (Å²) in [5.41, 5.74) is 6.27. The molecule has 1 saturated heterocycles. The number of nitrogen functional groups attached to an aromatic ring is 1. The molecule has 2 rings (SSSR count). The van der Waals surface area contributed by atoms with Gasteiger partial charge in [-0.05, 0) is 12.5 Å². The Morgan fingerprint density at radius 2 is 2.31 bits per heavy atom. The minimum Gasteiger partial charge on any atom is -0.476 e. The molecular formula is C11H16N2O3. The first-order valence-electron chi connectivity index (χ1n) is 5.43. The van der Waals surface area contributed by atoms with Crippen molar-refractivity contribution in [1.29, 1.82) is 0 Å². The fraction of sp³-hybridized carbons (Fsp3) is 0.545. The molecule has 0 atom stereocenters. The summed E-state index contributed by atoms with van der Waals surface area (Å²) < 4.78 is 16.0. The Morgan fingerprint density at radius 3 is 2.94 bits per heavy atom. The summed E-state index contributed by atoms with van der Waals surface area (Å²) in [6.45, 7) is 3.88. The first-order chi connectivity index (χ1) is 7.79. The van der Waals surface area contributed by atoms with Crippen LogP contribution in [-0.2, 0) is 4.74 Å². The first kappa shape index (κ1) is 11.0. The lowest BCUT2D eigenvalue weighted by Crippen LogP contribution is -2.38. The van der Waals surface area contributed by atoms with Crippen molar-refractivity contribution in [2.24, 2.45) is 0 Å². The summed E-state index contributed by atoms with van der Waals surface area (Å²) in [7, 11) is 0. The highest BCUT2D eigenvalue weighted by Crippen LogP contribution is 2.23. The molecule has 0 unspecified atom stereocenters. The lowest BCUT2D eigenvalue weighted by Gasteiger charge is -2.26. The summed E-state index contributed by atoms with van der Waals surface area (Å²) in [6.07, 6.45) is 1.03. The molecule has 0 aliphatic carbocycles. The van der Waals surface area contributed by atoms with Crippen LogP contribution in [-0.4, -0.2) is 30.9 Å². The maximum absolute atomic E-state index is 5.74. The van der Waals surface area contributed by atoms with Crippen molar-refractivity contribution < 1.29 is 14.2 Å². The molecule has 1 aromatic rings. The minimum atomic E-state index is 0.107. The molecule has 16 heavy (non-hydrogen) atoms. The van der Waals surface area contributed by atoms with Crippen molar-refractivity contribution in [2.75, 3.05) is 25.6 Å². The molecule has 1 fully saturated rings. The van der Waals surface area contributed by atoms with E-state index in [9.17, 15) is 0 Å². The molecular weight excluding hydrogens is 208 g/mol. The van der Waals surface area contributed by atoms with Gasteiger partial charge in [-0.25, -0.2) is 0 Å². The van der Waals surface area contributed by atoms with E-state index in [2.05, 4.69) is 4.98 Å². The standard InChI is InChI=1S/C11H16N2O3/c1-2-5-15-11-9(12)3-4-10(13-11)16-8-6-14-7-8/h3-4,8H,2,5-7,12H2,1H3. The molecule has 5 heteroatoms. The van der Waals surface area contributed by atoms with Gasteiger partial charge in [0, 0.05) is 6.07 Å². The quantitative estimate of drug-likeness (QED) is 0.814. The fourth-order valence-electron chi connectivity index (χ4n) is 1.27. The van der Waals surface area contributed by atoms with E-state index in [-0.39, 0.29) is 6.10 Å². The van der Waals surface area contributed by atoms with Crippen LogP contribution in [0.15, 0.2) is 12.1 Å². The number of anilines is 1. The fourth-order valence-corrected chi connectivity index (χ4v) is 1.27. The summed E-state index contributed by atoms with van der Waals surface area (Å²) >= 11 is 0. The van der Waals surface area contributed by atoms with Crippen molar-refractivity contribution >= 4 is 5.69 Å². The van der Waals surface area contributed by atoms with E-state index in [1.807, 2.05) is 6.92 Å². The van der Waals surface area contributed by atoms with Crippen LogP contribution in [0.3, 0.4) is 0 Å². The largest absolute Gasteiger partial charge is 0.476 e. The molecule has 88 valence electrons. The highest BCUT2D eigenvalue weighted by atomic mass is 16.6. The predicted octanol–water partition coefficient (Wildman–Crippen LogP) is 1.23. The van der Waals surface area contributed by atoms with E-state index >= 15 is 0 Å². The Hall–Kier alpha value is -1.49. The zero-order chi connectivity index (χ0) is 11.4. The Kier molecular flexibility index (Phi) is 3.46. The van der Waals surface area contributed by atoms with Crippen molar-refractivity contribution in [3.05, 3.63) is 12.1 Å². The summed E-state index contributed by atoms with van der Waals surface area (Å²) in [5, 5.41) is 0. The lowest BCUT2D eigenvalue weighted by atomic mass is 10.3. The topological polar surface area (TPSA) is 66.6 Å². The number of aromatic nitrogens is 1. The van der Waals surface area contributed by atoms with E-state index in [1.165, 1.54) is 0 Å². The Morgan fingerprint density at radius 1 is 1.50 bits per heavy atom. The van der Waals surface area contributed by atoms with Crippen LogP contribution in [0.2, 0.25) is 0 Å². The van der Waals surface area contributed by atoms with Crippen LogP contribution in [0, 0.1) is 0 Å². The molecule has 2 N–H and O–H groups in total. The number of hydrogen-bond acceptors (Lipinski definition) is 5. The van der Waals surface area contributed by atoms with Gasteiger partial charge < -0.3 is 19.9 Å². The van der Waals surface area contributed by atoms with E-state index in [1.54, 1.807) is 12.1 Å². The normalized spacial score (nSPS) is 15.6. The lowest BCUT2D eigenvalue weighted by molar-refractivity contribution is -0.0814. The SMILES string of the molecule is CCCOc1nc(OC2COC2)ccc1N. The van der Waals surface area contributed by atoms with Crippen molar-refractivity contribution in [3.8, 4) is 11.8 Å². The second-order valence-corrected chi connectivity index (χ2v) is 3.67. The maximum atomic E-state index is 5.74. The highest BCUT2D eigenvalue weighted by Gasteiger charge is 2.21. The monoisotopic (exact) mass is 224 g/mol. The van der Waals surface area contributed by atoms with E-state index in [0.717, 1.165) is 6.42 Å². The predicted molar refractivity (Wildman–Crippen MR) is 59.7 cm³/mol. The van der Waals surface area contributed by atoms with Crippen LogP contribution < -0.4 is 15.2 Å². The van der Waals surface area contributed by atoms with Crippen LogP contribution in [0.5, 0.6) is 11.8 Å². The molecule has 0 amide bonds. The average Bonchev–Trinajstić information content (AvgIpc) is 2.23. The Bertz CT molecular complexity index is 353. The van der Waals surface area contributed by atoms with E-state index in [0.29, 0.717) is 37.3 Å². The number of nitrogens with zero attached hydrogens (tertiary/aromatic N) is 1. The third-order valence-corrected chi connectivity index (χ3v) is 2.20. The van der Waals surface area contributed by atoms with Gasteiger partial charge in [0.05, 0.1) is 25.5 Å². The van der Waals surface area contributed by atoms with Gasteiger partial charge in [0.1, 0.15) is 6.10 Å². The molecule has 1 aliphatic heterocycles. The van der Waals surface area contributed by atoms with Crippen LogP contribution in [0.25, 0.3) is 0 Å². The average molecular weight is 224 g/mol. The maximum Gasteiger partial charge on any atom is 0.240 e. The molecule has 0 radical (unpaired) electrons. The molecule has 5 nitrogen and oxygen atoms in total. The first-order valence-corrected chi connectivity index (χ1v) is 5.43. The molecule has 2 heterocycles. The number of nitrogens with two attached hydrogens (primary N) is 1. The smallest absolute Gasteiger partial charge is 0.240 e. The Balaban J connectivity index is 2.01. The van der Waals surface area contributed by atoms with Gasteiger partial charge >= 0.3 is 0 Å². The zero-order valence-electron chi connectivity index (χ0n) is 9.31. The third-order valence-electron chi connectivity index (χ3n) is 2.20. The minimum absolute atomic E-state index is 0.107. The van der Waals surface area contributed by atoms with Crippen molar-refractivity contribution in [3.63, 3.8) is 0 Å². The van der Waals surface area contributed by atoms with Gasteiger partial charge in [0.15, 0.2) is 0 Å². The van der Waals surface area contributed by atoms with Crippen molar-refractivity contribution in [2.45, 2.75) is 19.4 Å². The van der Waals surface area contributed by atoms with E-state index in [4.69, 9.17) is 19.9 Å². The van der Waals surface area contributed by atoms with Crippen molar-refractivity contribution in [1.82, 2.24) is 4.98 Å². The van der Waals surface area contributed by atoms with Crippen LogP contribution in [0.1, 0.15) is 13.3 Å². The number of pyridine rings is 1. The molecule has 0 saturated carbocycles. The molecule has 0 bridgehead atoms. The molecule has 1 aliphatic rings. The number of rotatable bonds is 5. The summed E-state index contributed by atoms with van der Waals surface area (Å²) in [6, 6.07) is 3.49.